The number of aryl methyl sites for hydroxylation is 3. The number of rotatable bonds is 3. The van der Waals surface area contributed by atoms with Crippen molar-refractivity contribution in [1.29, 1.82) is 0 Å². The third-order valence-electron chi connectivity index (χ3n) is 3.51. The summed E-state index contributed by atoms with van der Waals surface area (Å²) in [7, 11) is 1.93. The molecule has 6 nitrogen and oxygen atoms in total. The van der Waals surface area contributed by atoms with Crippen LogP contribution in [0.4, 0.5) is 0 Å². The number of amides is 1. The van der Waals surface area contributed by atoms with Crippen molar-refractivity contribution in [3.8, 4) is 0 Å². The second-order valence-electron chi connectivity index (χ2n) is 5.04. The summed E-state index contributed by atoms with van der Waals surface area (Å²) in [5.41, 5.74) is 5.24. The Labute approximate surface area is 131 Å². The average molecular weight is 316 g/mol. The molecule has 3 aromatic rings. The maximum atomic E-state index is 12.0. The maximum absolute atomic E-state index is 12.0. The molecular formula is C15H16N4O2S. The third kappa shape index (κ3) is 2.67. The minimum Gasteiger partial charge on any atom is -0.361 e. The molecule has 22 heavy (non-hydrogen) atoms. The van der Waals surface area contributed by atoms with E-state index in [0.717, 1.165) is 26.3 Å². The smallest absolute Gasteiger partial charge is 0.244 e. The SMILES string of the molecule is Cc1noc(C)c1CC(=O)NN=c1sc2ccccc2n1C. The summed E-state index contributed by atoms with van der Waals surface area (Å²) < 4.78 is 8.14. The normalized spacial score (nSPS) is 12.0. The minimum absolute atomic E-state index is 0.188. The lowest BCUT2D eigenvalue weighted by molar-refractivity contribution is -0.120. The predicted molar refractivity (Wildman–Crippen MR) is 84.2 cm³/mol. The Morgan fingerprint density at radius 1 is 1.41 bits per heavy atom. The molecule has 1 amide bonds. The highest BCUT2D eigenvalue weighted by Gasteiger charge is 2.13. The molecule has 0 spiro atoms. The minimum atomic E-state index is -0.188. The second-order valence-corrected chi connectivity index (χ2v) is 6.05. The average Bonchev–Trinajstić information content (AvgIpc) is 3.00. The molecule has 0 radical (unpaired) electrons. The number of hydrogen-bond acceptors (Lipinski definition) is 5. The van der Waals surface area contributed by atoms with Crippen LogP contribution in [0.25, 0.3) is 10.2 Å². The Morgan fingerprint density at radius 3 is 2.86 bits per heavy atom. The number of nitrogens with zero attached hydrogens (tertiary/aromatic N) is 3. The zero-order valence-corrected chi connectivity index (χ0v) is 13.4. The molecule has 0 atom stereocenters. The highest BCUT2D eigenvalue weighted by atomic mass is 32.1. The van der Waals surface area contributed by atoms with E-state index in [2.05, 4.69) is 15.7 Å². The molecule has 1 aromatic carbocycles. The number of para-hydroxylation sites is 1. The van der Waals surface area contributed by atoms with E-state index in [1.165, 1.54) is 11.3 Å². The van der Waals surface area contributed by atoms with Crippen LogP contribution in [0.2, 0.25) is 0 Å². The van der Waals surface area contributed by atoms with Gasteiger partial charge < -0.3 is 9.09 Å². The molecule has 0 aliphatic carbocycles. The first-order valence-electron chi connectivity index (χ1n) is 6.85. The van der Waals surface area contributed by atoms with Gasteiger partial charge in [-0.15, -0.1) is 5.10 Å². The van der Waals surface area contributed by atoms with Gasteiger partial charge in [-0.3, -0.25) is 4.79 Å². The fraction of sp³-hybridized carbons (Fsp3) is 0.267. The van der Waals surface area contributed by atoms with E-state index in [0.29, 0.717) is 5.76 Å². The van der Waals surface area contributed by atoms with Gasteiger partial charge in [-0.05, 0) is 26.0 Å². The van der Waals surface area contributed by atoms with Crippen LogP contribution in [0.1, 0.15) is 17.0 Å². The lowest BCUT2D eigenvalue weighted by Crippen LogP contribution is -2.24. The van der Waals surface area contributed by atoms with Gasteiger partial charge in [-0.25, -0.2) is 5.43 Å². The van der Waals surface area contributed by atoms with Gasteiger partial charge in [0, 0.05) is 12.6 Å². The van der Waals surface area contributed by atoms with Crippen LogP contribution in [0, 0.1) is 13.8 Å². The van der Waals surface area contributed by atoms with Crippen molar-refractivity contribution in [2.45, 2.75) is 20.3 Å². The van der Waals surface area contributed by atoms with Gasteiger partial charge >= 0.3 is 0 Å². The van der Waals surface area contributed by atoms with Crippen LogP contribution in [0.3, 0.4) is 0 Å². The highest BCUT2D eigenvalue weighted by molar-refractivity contribution is 7.16. The number of benzene rings is 1. The zero-order chi connectivity index (χ0) is 15.7. The van der Waals surface area contributed by atoms with Gasteiger partial charge in [0.2, 0.25) is 10.7 Å². The van der Waals surface area contributed by atoms with Crippen LogP contribution in [0.5, 0.6) is 0 Å². The Kier molecular flexibility index (Phi) is 3.81. The summed E-state index contributed by atoms with van der Waals surface area (Å²) in [5, 5.41) is 8.06. The first-order chi connectivity index (χ1) is 10.6. The summed E-state index contributed by atoms with van der Waals surface area (Å²) in [5.74, 6) is 0.479. The van der Waals surface area contributed by atoms with E-state index in [-0.39, 0.29) is 12.3 Å². The fourth-order valence-corrected chi connectivity index (χ4v) is 3.23. The summed E-state index contributed by atoms with van der Waals surface area (Å²) in [6, 6.07) is 8.02. The van der Waals surface area contributed by atoms with Crippen molar-refractivity contribution in [2.75, 3.05) is 0 Å². The Morgan fingerprint density at radius 2 is 2.18 bits per heavy atom. The number of nitrogens with one attached hydrogen (secondary N) is 1. The molecule has 2 aromatic heterocycles. The molecule has 0 saturated carbocycles. The largest absolute Gasteiger partial charge is 0.361 e. The van der Waals surface area contributed by atoms with Crippen molar-refractivity contribution in [3.05, 3.63) is 46.1 Å². The molecule has 3 rings (SSSR count). The van der Waals surface area contributed by atoms with Gasteiger partial charge in [0.05, 0.1) is 22.3 Å². The van der Waals surface area contributed by atoms with Crippen molar-refractivity contribution in [1.82, 2.24) is 15.1 Å². The van der Waals surface area contributed by atoms with Crippen LogP contribution in [0.15, 0.2) is 33.9 Å². The zero-order valence-electron chi connectivity index (χ0n) is 12.6. The summed E-state index contributed by atoms with van der Waals surface area (Å²) >= 11 is 1.53. The molecular weight excluding hydrogens is 300 g/mol. The molecule has 2 heterocycles. The van der Waals surface area contributed by atoms with Crippen molar-refractivity contribution < 1.29 is 9.32 Å². The van der Waals surface area contributed by atoms with Crippen LogP contribution >= 0.6 is 11.3 Å². The van der Waals surface area contributed by atoms with Gasteiger partial charge in [-0.2, -0.15) is 0 Å². The summed E-state index contributed by atoms with van der Waals surface area (Å²) in [6.45, 7) is 3.62. The summed E-state index contributed by atoms with van der Waals surface area (Å²) in [4.78, 5) is 12.8. The predicted octanol–water partition coefficient (Wildman–Crippen LogP) is 2.02. The lowest BCUT2D eigenvalue weighted by Gasteiger charge is -1.99. The van der Waals surface area contributed by atoms with Crippen molar-refractivity contribution in [2.24, 2.45) is 12.1 Å². The number of fused-ring (bicyclic) bond motifs is 1. The Hall–Kier alpha value is -2.41. The molecule has 0 unspecified atom stereocenters. The first-order valence-corrected chi connectivity index (χ1v) is 7.67. The Balaban J connectivity index is 1.81. The van der Waals surface area contributed by atoms with Crippen molar-refractivity contribution in [3.63, 3.8) is 0 Å². The van der Waals surface area contributed by atoms with E-state index >= 15 is 0 Å². The van der Waals surface area contributed by atoms with Crippen molar-refractivity contribution >= 4 is 27.5 Å². The van der Waals surface area contributed by atoms with E-state index < -0.39 is 0 Å². The molecule has 0 aliphatic rings. The van der Waals surface area contributed by atoms with E-state index in [1.807, 2.05) is 42.8 Å². The Bertz CT molecular complexity index is 884. The highest BCUT2D eigenvalue weighted by Crippen LogP contribution is 2.15. The van der Waals surface area contributed by atoms with Crippen LogP contribution in [-0.4, -0.2) is 15.6 Å². The monoisotopic (exact) mass is 316 g/mol. The van der Waals surface area contributed by atoms with E-state index in [1.54, 1.807) is 6.92 Å². The number of carbonyl (C=O) groups is 1. The number of hydrogen-bond donors (Lipinski definition) is 1. The van der Waals surface area contributed by atoms with Gasteiger partial charge in [0.1, 0.15) is 5.76 Å². The lowest BCUT2D eigenvalue weighted by atomic mass is 10.1. The molecule has 0 fully saturated rings. The van der Waals surface area contributed by atoms with E-state index in [4.69, 9.17) is 4.52 Å². The second kappa shape index (κ2) is 5.76. The summed E-state index contributed by atoms with van der Waals surface area (Å²) in [6.07, 6.45) is 0.208. The van der Waals surface area contributed by atoms with Gasteiger partial charge in [-0.1, -0.05) is 28.6 Å². The standard InChI is InChI=1S/C15H16N4O2S/c1-9-11(10(2)21-18-9)8-14(20)16-17-15-19(3)12-6-4-5-7-13(12)22-15/h4-7H,8H2,1-3H3,(H,16,20). The van der Waals surface area contributed by atoms with Gasteiger partial charge in [0.25, 0.3) is 0 Å². The third-order valence-corrected chi connectivity index (χ3v) is 4.62. The molecule has 7 heteroatoms. The molecule has 0 bridgehead atoms. The molecule has 0 saturated heterocycles. The number of carbonyl (C=O) groups excluding carboxylic acids is 1. The van der Waals surface area contributed by atoms with E-state index in [9.17, 15) is 4.79 Å². The number of aromatic nitrogens is 2. The topological polar surface area (TPSA) is 72.4 Å². The van der Waals surface area contributed by atoms with Crippen LogP contribution < -0.4 is 10.2 Å². The molecule has 114 valence electrons. The molecule has 0 aliphatic heterocycles. The quantitative estimate of drug-likeness (QED) is 0.751. The first kappa shape index (κ1) is 14.5. The number of thiazole rings is 1. The van der Waals surface area contributed by atoms with Crippen LogP contribution in [-0.2, 0) is 18.3 Å². The molecule has 1 N–H and O–H groups in total. The fourth-order valence-electron chi connectivity index (χ4n) is 2.25. The van der Waals surface area contributed by atoms with Gasteiger partial charge in [0.15, 0.2) is 0 Å². The maximum Gasteiger partial charge on any atom is 0.244 e.